The molecule has 8 heteroatoms. The van der Waals surface area contributed by atoms with Crippen LogP contribution in [0.1, 0.15) is 53.5 Å². The largest absolute Gasteiger partial charge is 0.488 e. The zero-order valence-electron chi connectivity index (χ0n) is 21.5. The number of hydrogen-bond donors (Lipinski definition) is 1. The highest BCUT2D eigenvalue weighted by atomic mass is 79.9. The van der Waals surface area contributed by atoms with E-state index in [2.05, 4.69) is 28.0 Å². The summed E-state index contributed by atoms with van der Waals surface area (Å²) < 4.78 is 8.37. The molecule has 0 amide bonds. The first kappa shape index (κ1) is 26.3. The molecule has 1 atom stereocenters. The molecule has 0 aliphatic rings. The lowest BCUT2D eigenvalue weighted by Gasteiger charge is -2.15. The van der Waals surface area contributed by atoms with Gasteiger partial charge in [-0.05, 0) is 59.2 Å². The number of aromatic nitrogens is 2. The Hall–Kier alpha value is -4.30. The Bertz CT molecular complexity index is 1780. The Labute approximate surface area is 233 Å². The SMILES string of the molecule is CC[C@H](C)c1nc2ccc(Br)cc2c(=O)n1N=Cc1c(OCc2ccc(C(=O)O)cc2)ccc2ccccc12. The van der Waals surface area contributed by atoms with Crippen LogP contribution >= 0.6 is 15.9 Å². The van der Waals surface area contributed by atoms with Crippen molar-refractivity contribution in [3.63, 3.8) is 0 Å². The topological polar surface area (TPSA) is 93.8 Å². The molecular weight excluding hydrogens is 558 g/mol. The van der Waals surface area contributed by atoms with Crippen LogP contribution in [0.5, 0.6) is 5.75 Å². The molecule has 196 valence electrons. The minimum atomic E-state index is -0.974. The second kappa shape index (κ2) is 11.2. The molecule has 0 bridgehead atoms. The predicted octanol–water partition coefficient (Wildman–Crippen LogP) is 6.99. The molecule has 1 aromatic heterocycles. The van der Waals surface area contributed by atoms with Gasteiger partial charge in [-0.25, -0.2) is 9.78 Å². The first-order chi connectivity index (χ1) is 18.9. The lowest BCUT2D eigenvalue weighted by Crippen LogP contribution is -2.23. The van der Waals surface area contributed by atoms with Gasteiger partial charge in [0.1, 0.15) is 18.2 Å². The Balaban J connectivity index is 1.59. The molecule has 7 nitrogen and oxygen atoms in total. The van der Waals surface area contributed by atoms with Crippen LogP contribution in [0.15, 0.2) is 93.2 Å². The van der Waals surface area contributed by atoms with Crippen molar-refractivity contribution in [1.29, 1.82) is 0 Å². The molecule has 0 fully saturated rings. The van der Waals surface area contributed by atoms with Crippen LogP contribution < -0.4 is 10.3 Å². The van der Waals surface area contributed by atoms with Crippen LogP contribution in [-0.4, -0.2) is 27.0 Å². The first-order valence-corrected chi connectivity index (χ1v) is 13.4. The van der Waals surface area contributed by atoms with Gasteiger partial charge in [-0.2, -0.15) is 9.78 Å². The lowest BCUT2D eigenvalue weighted by atomic mass is 10.0. The minimum absolute atomic E-state index is 0.0138. The van der Waals surface area contributed by atoms with Crippen LogP contribution in [0.4, 0.5) is 0 Å². The van der Waals surface area contributed by atoms with Crippen molar-refractivity contribution in [2.24, 2.45) is 5.10 Å². The van der Waals surface area contributed by atoms with Gasteiger partial charge in [-0.3, -0.25) is 4.79 Å². The second-order valence-corrected chi connectivity index (χ2v) is 10.2. The molecule has 0 saturated heterocycles. The van der Waals surface area contributed by atoms with E-state index in [1.54, 1.807) is 36.5 Å². The number of carboxylic acid groups (broad SMARTS) is 1. The van der Waals surface area contributed by atoms with E-state index < -0.39 is 5.97 Å². The molecular formula is C31H26BrN3O4. The van der Waals surface area contributed by atoms with Crippen molar-refractivity contribution in [3.05, 3.63) is 116 Å². The van der Waals surface area contributed by atoms with E-state index in [0.717, 1.165) is 32.8 Å². The fourth-order valence-corrected chi connectivity index (χ4v) is 4.69. The van der Waals surface area contributed by atoms with Crippen LogP contribution in [0.2, 0.25) is 0 Å². The minimum Gasteiger partial charge on any atom is -0.488 e. The number of nitrogens with zero attached hydrogens (tertiary/aromatic N) is 3. The average Bonchev–Trinajstić information content (AvgIpc) is 2.95. The van der Waals surface area contributed by atoms with E-state index in [1.807, 2.05) is 55.5 Å². The first-order valence-electron chi connectivity index (χ1n) is 12.6. The number of ether oxygens (including phenoxy) is 1. The average molecular weight is 584 g/mol. The Kier molecular flexibility index (Phi) is 7.56. The van der Waals surface area contributed by atoms with E-state index in [0.29, 0.717) is 22.5 Å². The van der Waals surface area contributed by atoms with Crippen molar-refractivity contribution in [2.75, 3.05) is 0 Å². The maximum Gasteiger partial charge on any atom is 0.335 e. The number of halogens is 1. The van der Waals surface area contributed by atoms with Crippen molar-refractivity contribution in [2.45, 2.75) is 32.8 Å². The number of benzene rings is 4. The van der Waals surface area contributed by atoms with Gasteiger partial charge in [-0.15, -0.1) is 0 Å². The fourth-order valence-electron chi connectivity index (χ4n) is 4.33. The standard InChI is InChI=1S/C31H26BrN3O4/c1-3-19(2)29-34-27-14-13-23(32)16-25(27)30(36)35(29)33-17-26-24-7-5-4-6-21(24)12-15-28(26)39-18-20-8-10-22(11-9-20)31(37)38/h4-17,19H,3,18H2,1-2H3,(H,37,38)/t19-/m0/s1. The smallest absolute Gasteiger partial charge is 0.335 e. The normalized spacial score (nSPS) is 12.3. The van der Waals surface area contributed by atoms with E-state index in [1.165, 1.54) is 4.68 Å². The third-order valence-electron chi connectivity index (χ3n) is 6.71. The molecule has 1 heterocycles. The van der Waals surface area contributed by atoms with Crippen LogP contribution in [0, 0.1) is 0 Å². The van der Waals surface area contributed by atoms with Crippen LogP contribution in [0.3, 0.4) is 0 Å². The van der Waals surface area contributed by atoms with Gasteiger partial charge in [0.05, 0.1) is 22.7 Å². The molecule has 0 saturated carbocycles. The number of carboxylic acids is 1. The Morgan fingerprint density at radius 2 is 1.85 bits per heavy atom. The Morgan fingerprint density at radius 1 is 1.08 bits per heavy atom. The van der Waals surface area contributed by atoms with E-state index >= 15 is 0 Å². The lowest BCUT2D eigenvalue weighted by molar-refractivity contribution is 0.0697. The summed E-state index contributed by atoms with van der Waals surface area (Å²) in [7, 11) is 0. The molecule has 0 aliphatic heterocycles. The van der Waals surface area contributed by atoms with Crippen molar-refractivity contribution < 1.29 is 14.6 Å². The van der Waals surface area contributed by atoms with Crippen LogP contribution in [-0.2, 0) is 6.61 Å². The van der Waals surface area contributed by atoms with Crippen LogP contribution in [0.25, 0.3) is 21.7 Å². The molecule has 0 spiro atoms. The van der Waals surface area contributed by atoms with Crippen molar-refractivity contribution >= 4 is 49.8 Å². The number of rotatable bonds is 8. The number of fused-ring (bicyclic) bond motifs is 2. The van der Waals surface area contributed by atoms with Crippen molar-refractivity contribution in [3.8, 4) is 5.75 Å². The van der Waals surface area contributed by atoms with Crippen molar-refractivity contribution in [1.82, 2.24) is 9.66 Å². The molecule has 5 rings (SSSR count). The summed E-state index contributed by atoms with van der Waals surface area (Å²) in [6.45, 7) is 4.32. The van der Waals surface area contributed by atoms with Gasteiger partial charge in [0.15, 0.2) is 0 Å². The molecule has 0 unspecified atom stereocenters. The number of hydrogen-bond acceptors (Lipinski definition) is 5. The summed E-state index contributed by atoms with van der Waals surface area (Å²) in [5.41, 5.74) is 2.17. The molecule has 0 aliphatic carbocycles. The predicted molar refractivity (Wildman–Crippen MR) is 157 cm³/mol. The highest BCUT2D eigenvalue weighted by Gasteiger charge is 2.16. The third kappa shape index (κ3) is 5.47. The van der Waals surface area contributed by atoms with Gasteiger partial charge in [0, 0.05) is 16.0 Å². The maximum absolute atomic E-state index is 13.6. The third-order valence-corrected chi connectivity index (χ3v) is 7.21. The van der Waals surface area contributed by atoms with E-state index in [-0.39, 0.29) is 23.6 Å². The molecule has 0 radical (unpaired) electrons. The molecule has 4 aromatic carbocycles. The zero-order chi connectivity index (χ0) is 27.5. The summed E-state index contributed by atoms with van der Waals surface area (Å²) in [6.07, 6.45) is 2.46. The highest BCUT2D eigenvalue weighted by molar-refractivity contribution is 9.10. The zero-order valence-corrected chi connectivity index (χ0v) is 23.1. The second-order valence-electron chi connectivity index (χ2n) is 9.29. The fraction of sp³-hybridized carbons (Fsp3) is 0.161. The van der Waals surface area contributed by atoms with E-state index in [9.17, 15) is 9.59 Å². The number of carbonyl (C=O) groups is 1. The maximum atomic E-state index is 13.6. The molecule has 39 heavy (non-hydrogen) atoms. The quantitative estimate of drug-likeness (QED) is 0.199. The summed E-state index contributed by atoms with van der Waals surface area (Å²) in [6, 6.07) is 23.8. The summed E-state index contributed by atoms with van der Waals surface area (Å²) in [5.74, 6) is 0.224. The molecule has 1 N–H and O–H groups in total. The van der Waals surface area contributed by atoms with Gasteiger partial charge < -0.3 is 9.84 Å². The van der Waals surface area contributed by atoms with Gasteiger partial charge in [0.25, 0.3) is 5.56 Å². The van der Waals surface area contributed by atoms with Gasteiger partial charge >= 0.3 is 5.97 Å². The Morgan fingerprint density at radius 3 is 2.59 bits per heavy atom. The summed E-state index contributed by atoms with van der Waals surface area (Å²) in [4.78, 5) is 29.6. The monoisotopic (exact) mass is 583 g/mol. The molecule has 5 aromatic rings. The summed E-state index contributed by atoms with van der Waals surface area (Å²) in [5, 5.41) is 16.2. The number of aromatic carboxylic acids is 1. The van der Waals surface area contributed by atoms with Gasteiger partial charge in [0.2, 0.25) is 0 Å². The highest BCUT2D eigenvalue weighted by Crippen LogP contribution is 2.28. The van der Waals surface area contributed by atoms with E-state index in [4.69, 9.17) is 14.8 Å². The summed E-state index contributed by atoms with van der Waals surface area (Å²) >= 11 is 3.45. The van der Waals surface area contributed by atoms with Gasteiger partial charge in [-0.1, -0.05) is 72.2 Å².